The summed E-state index contributed by atoms with van der Waals surface area (Å²) in [7, 11) is 0. The van der Waals surface area contributed by atoms with Gasteiger partial charge in [-0.3, -0.25) is 0 Å². The number of nitrogens with one attached hydrogen (secondary N) is 1. The lowest BCUT2D eigenvalue weighted by molar-refractivity contribution is 0.125. The topological polar surface area (TPSA) is 21.3 Å². The number of ether oxygens (including phenoxy) is 1. The average Bonchev–Trinajstić information content (AvgIpc) is 2.15. The van der Waals surface area contributed by atoms with Crippen LogP contribution in [0.2, 0.25) is 0 Å². The van der Waals surface area contributed by atoms with Crippen molar-refractivity contribution in [1.82, 2.24) is 5.32 Å². The van der Waals surface area contributed by atoms with E-state index < -0.39 is 0 Å². The monoisotopic (exact) mass is 199 g/mol. The molecular weight excluding hydrogens is 174 g/mol. The lowest BCUT2D eigenvalue weighted by atomic mass is 10.1. The van der Waals surface area contributed by atoms with Gasteiger partial charge in [0.1, 0.15) is 0 Å². The Kier molecular flexibility index (Phi) is 10.5. The van der Waals surface area contributed by atoms with Crippen molar-refractivity contribution in [2.75, 3.05) is 26.3 Å². The van der Waals surface area contributed by atoms with Gasteiger partial charge in [-0.25, -0.2) is 0 Å². The van der Waals surface area contributed by atoms with E-state index in [-0.39, 0.29) is 0 Å². The molecule has 0 aliphatic carbocycles. The summed E-state index contributed by atoms with van der Waals surface area (Å²) in [4.78, 5) is 0. The molecule has 0 aliphatic rings. The van der Waals surface area contributed by atoms with Gasteiger partial charge in [0.2, 0.25) is 0 Å². The first-order chi connectivity index (χ1) is 6.77. The van der Waals surface area contributed by atoms with E-state index in [4.69, 9.17) is 4.74 Å². The van der Waals surface area contributed by atoms with E-state index in [1.54, 1.807) is 0 Å². The summed E-state index contributed by atoms with van der Waals surface area (Å²) in [6.07, 6.45) is 5.44. The summed E-state index contributed by atoms with van der Waals surface area (Å²) in [5, 5.41) is 3.25. The van der Waals surface area contributed by atoms with Gasteiger partial charge in [0, 0.05) is 19.8 Å². The molecule has 0 rings (SSSR count). The van der Waals surface area contributed by atoms with Gasteiger partial charge in [0.15, 0.2) is 0 Å². The summed E-state index contributed by atoms with van der Waals surface area (Å²) in [6.45, 7) is 11.9. The van der Waals surface area contributed by atoms with Gasteiger partial charge in [-0.2, -0.15) is 0 Å². The molecule has 0 aromatic heterocycles. The van der Waals surface area contributed by atoms with Crippen molar-refractivity contribution in [2.45, 2.75) is 33.1 Å². The summed E-state index contributed by atoms with van der Waals surface area (Å²) in [6, 6.07) is 0. The van der Waals surface area contributed by atoms with Gasteiger partial charge in [-0.05, 0) is 31.7 Å². The zero-order valence-electron chi connectivity index (χ0n) is 9.72. The lowest BCUT2D eigenvalue weighted by Crippen LogP contribution is -2.16. The fourth-order valence-electron chi connectivity index (χ4n) is 1.20. The third-order valence-corrected chi connectivity index (χ3v) is 2.00. The molecule has 0 radical (unpaired) electrons. The quantitative estimate of drug-likeness (QED) is 0.431. The molecule has 0 aromatic carbocycles. The van der Waals surface area contributed by atoms with Crippen molar-refractivity contribution < 1.29 is 4.74 Å². The molecule has 1 N–H and O–H groups in total. The zero-order chi connectivity index (χ0) is 10.6. The van der Waals surface area contributed by atoms with Crippen molar-refractivity contribution in [3.8, 4) is 0 Å². The fraction of sp³-hybridized carbons (Fsp3) is 0.833. The number of hydrogen-bond donors (Lipinski definition) is 1. The van der Waals surface area contributed by atoms with E-state index in [0.29, 0.717) is 0 Å². The summed E-state index contributed by atoms with van der Waals surface area (Å²) < 4.78 is 5.50. The third-order valence-electron chi connectivity index (χ3n) is 2.00. The van der Waals surface area contributed by atoms with E-state index in [2.05, 4.69) is 25.7 Å². The average molecular weight is 199 g/mol. The van der Waals surface area contributed by atoms with Gasteiger partial charge in [-0.1, -0.05) is 19.9 Å². The molecule has 0 amide bonds. The molecule has 14 heavy (non-hydrogen) atoms. The van der Waals surface area contributed by atoms with Crippen LogP contribution in [0.3, 0.4) is 0 Å². The van der Waals surface area contributed by atoms with Crippen molar-refractivity contribution in [3.63, 3.8) is 0 Å². The first kappa shape index (κ1) is 13.7. The molecular formula is C12H25NO. The van der Waals surface area contributed by atoms with E-state index in [1.807, 2.05) is 6.08 Å². The summed E-state index contributed by atoms with van der Waals surface area (Å²) in [5.41, 5.74) is 0. The molecule has 0 bridgehead atoms. The maximum absolute atomic E-state index is 5.50. The van der Waals surface area contributed by atoms with Crippen LogP contribution in [0.5, 0.6) is 0 Å². The zero-order valence-corrected chi connectivity index (χ0v) is 9.72. The normalized spacial score (nSPS) is 10.8. The summed E-state index contributed by atoms with van der Waals surface area (Å²) in [5.74, 6) is 0.799. The van der Waals surface area contributed by atoms with Crippen LogP contribution in [0.1, 0.15) is 33.1 Å². The van der Waals surface area contributed by atoms with Crippen molar-refractivity contribution in [2.24, 2.45) is 5.92 Å². The fourth-order valence-corrected chi connectivity index (χ4v) is 1.20. The van der Waals surface area contributed by atoms with Crippen LogP contribution in [0.4, 0.5) is 0 Å². The maximum Gasteiger partial charge on any atom is 0.0478 e. The van der Waals surface area contributed by atoms with Crippen LogP contribution in [-0.4, -0.2) is 26.3 Å². The van der Waals surface area contributed by atoms with E-state index in [1.165, 1.54) is 12.8 Å². The van der Waals surface area contributed by atoms with Gasteiger partial charge in [-0.15, -0.1) is 6.58 Å². The Morgan fingerprint density at radius 3 is 2.64 bits per heavy atom. The Labute approximate surface area is 88.7 Å². The lowest BCUT2D eigenvalue weighted by Gasteiger charge is -2.06. The van der Waals surface area contributed by atoms with Crippen LogP contribution in [0.15, 0.2) is 12.7 Å². The van der Waals surface area contributed by atoms with Crippen LogP contribution < -0.4 is 5.32 Å². The number of rotatable bonds is 10. The molecule has 0 aromatic rings. The number of hydrogen-bond acceptors (Lipinski definition) is 2. The minimum Gasteiger partial charge on any atom is -0.381 e. The predicted molar refractivity (Wildman–Crippen MR) is 62.6 cm³/mol. The van der Waals surface area contributed by atoms with Gasteiger partial charge in [0.05, 0.1) is 0 Å². The molecule has 0 aliphatic heterocycles. The molecule has 84 valence electrons. The van der Waals surface area contributed by atoms with Gasteiger partial charge < -0.3 is 10.1 Å². The highest BCUT2D eigenvalue weighted by molar-refractivity contribution is 4.68. The highest BCUT2D eigenvalue weighted by Gasteiger charge is 1.93. The smallest absolute Gasteiger partial charge is 0.0478 e. The molecule has 0 spiro atoms. The second-order valence-corrected chi connectivity index (χ2v) is 3.99. The molecule has 0 fully saturated rings. The molecule has 2 heteroatoms. The molecule has 2 nitrogen and oxygen atoms in total. The van der Waals surface area contributed by atoms with Crippen LogP contribution in [-0.2, 0) is 4.74 Å². The minimum atomic E-state index is 0.799. The standard InChI is InChI=1S/C12H25NO/c1-4-8-13-9-6-11-14-10-5-7-12(2)3/h4,12-13H,1,5-11H2,2-3H3. The van der Waals surface area contributed by atoms with Crippen LogP contribution in [0.25, 0.3) is 0 Å². The SMILES string of the molecule is C=CCNCCCOCCCC(C)C. The minimum absolute atomic E-state index is 0.799. The van der Waals surface area contributed by atoms with Crippen LogP contribution in [0, 0.1) is 5.92 Å². The second-order valence-electron chi connectivity index (χ2n) is 3.99. The highest BCUT2D eigenvalue weighted by Crippen LogP contribution is 2.02. The predicted octanol–water partition coefficient (Wildman–Crippen LogP) is 2.60. The molecule has 0 saturated carbocycles. The van der Waals surface area contributed by atoms with Gasteiger partial charge in [0.25, 0.3) is 0 Å². The first-order valence-corrected chi connectivity index (χ1v) is 5.66. The molecule has 0 unspecified atom stereocenters. The van der Waals surface area contributed by atoms with Gasteiger partial charge >= 0.3 is 0 Å². The van der Waals surface area contributed by atoms with Crippen molar-refractivity contribution in [1.29, 1.82) is 0 Å². The molecule has 0 saturated heterocycles. The van der Waals surface area contributed by atoms with E-state index >= 15 is 0 Å². The molecule has 0 atom stereocenters. The van der Waals surface area contributed by atoms with Crippen LogP contribution >= 0.6 is 0 Å². The highest BCUT2D eigenvalue weighted by atomic mass is 16.5. The molecule has 0 heterocycles. The Balaban J connectivity index is 2.88. The first-order valence-electron chi connectivity index (χ1n) is 5.66. The Morgan fingerprint density at radius 2 is 2.00 bits per heavy atom. The van der Waals surface area contributed by atoms with Crippen molar-refractivity contribution in [3.05, 3.63) is 12.7 Å². The maximum atomic E-state index is 5.50. The Bertz CT molecular complexity index is 123. The van der Waals surface area contributed by atoms with E-state index in [0.717, 1.165) is 38.6 Å². The van der Waals surface area contributed by atoms with Crippen molar-refractivity contribution >= 4 is 0 Å². The Morgan fingerprint density at radius 1 is 1.29 bits per heavy atom. The largest absolute Gasteiger partial charge is 0.381 e. The van der Waals surface area contributed by atoms with E-state index in [9.17, 15) is 0 Å². The third kappa shape index (κ3) is 11.7. The second kappa shape index (κ2) is 10.7. The summed E-state index contributed by atoms with van der Waals surface area (Å²) >= 11 is 0. The Hall–Kier alpha value is -0.340.